The van der Waals surface area contributed by atoms with Gasteiger partial charge in [0.2, 0.25) is 23.6 Å². The van der Waals surface area contributed by atoms with Crippen LogP contribution in [-0.4, -0.2) is 72.1 Å². The second-order valence-electron chi connectivity index (χ2n) is 11.4. The van der Waals surface area contributed by atoms with Crippen molar-refractivity contribution in [3.8, 4) is 0 Å². The van der Waals surface area contributed by atoms with Gasteiger partial charge in [0.05, 0.1) is 6.04 Å². The third kappa shape index (κ3) is 14.8. The number of carbonyl (C=O) groups is 5. The van der Waals surface area contributed by atoms with Gasteiger partial charge in [-0.2, -0.15) is 11.8 Å². The number of benzene rings is 1. The fraction of sp³-hybridized carbons (Fsp3) is 0.645. The molecule has 4 atom stereocenters. The summed E-state index contributed by atoms with van der Waals surface area (Å²) in [5, 5.41) is 11.2. The zero-order valence-corrected chi connectivity index (χ0v) is 26.9. The predicted molar refractivity (Wildman–Crippen MR) is 169 cm³/mol. The van der Waals surface area contributed by atoms with Crippen molar-refractivity contribution in [3.63, 3.8) is 0 Å². The minimum absolute atomic E-state index is 0.0281. The van der Waals surface area contributed by atoms with Crippen LogP contribution in [0.2, 0.25) is 0 Å². The molecule has 1 aromatic carbocycles. The first-order valence-electron chi connectivity index (χ1n) is 14.8. The molecule has 0 heterocycles. The standard InChI is InChI=1S/C31H51N5O5S/c1-20(2)18-26(35-30(40)25(15-17-42-6)34-22(5)37)31(41)36-27(19-23-12-8-7-9-13-23)29(39)33-16-11-10-14-24(32)28(38)21(3)4/h7-9,12-13,20-21,24-27H,10-11,14-19,32H2,1-6H3,(H,33,39)(H,34,37)(H,35,40)(H,36,41). The lowest BCUT2D eigenvalue weighted by Crippen LogP contribution is -2.57. The molecule has 4 unspecified atom stereocenters. The monoisotopic (exact) mass is 605 g/mol. The van der Waals surface area contributed by atoms with Crippen LogP contribution in [0.1, 0.15) is 72.3 Å². The summed E-state index contributed by atoms with van der Waals surface area (Å²) in [5.74, 6) is -0.885. The molecule has 0 aliphatic rings. The molecule has 4 amide bonds. The van der Waals surface area contributed by atoms with Gasteiger partial charge in [0.1, 0.15) is 18.1 Å². The van der Waals surface area contributed by atoms with Crippen LogP contribution < -0.4 is 27.0 Å². The molecule has 1 rings (SSSR count). The highest BCUT2D eigenvalue weighted by Gasteiger charge is 2.30. The van der Waals surface area contributed by atoms with Gasteiger partial charge >= 0.3 is 0 Å². The summed E-state index contributed by atoms with van der Waals surface area (Å²) in [4.78, 5) is 63.6. The first-order chi connectivity index (χ1) is 19.8. The summed E-state index contributed by atoms with van der Waals surface area (Å²) >= 11 is 1.56. The Labute approximate surface area is 255 Å². The van der Waals surface area contributed by atoms with Gasteiger partial charge in [0.15, 0.2) is 5.78 Å². The summed E-state index contributed by atoms with van der Waals surface area (Å²) < 4.78 is 0. The summed E-state index contributed by atoms with van der Waals surface area (Å²) in [7, 11) is 0. The Morgan fingerprint density at radius 3 is 2.00 bits per heavy atom. The van der Waals surface area contributed by atoms with Gasteiger partial charge in [-0.25, -0.2) is 0 Å². The van der Waals surface area contributed by atoms with E-state index in [1.807, 2.05) is 64.3 Å². The molecule has 11 heteroatoms. The van der Waals surface area contributed by atoms with Crippen molar-refractivity contribution in [1.29, 1.82) is 0 Å². The molecular weight excluding hydrogens is 554 g/mol. The maximum absolute atomic E-state index is 13.5. The summed E-state index contributed by atoms with van der Waals surface area (Å²) in [6.07, 6.45) is 4.85. The SMILES string of the molecule is CSCCC(NC(C)=O)C(=O)NC(CC(C)C)C(=O)NC(Cc1ccccc1)C(=O)NCCCCC(N)C(=O)C(C)C. The van der Waals surface area contributed by atoms with Crippen LogP contribution in [0.15, 0.2) is 30.3 Å². The van der Waals surface area contributed by atoms with Gasteiger partial charge in [-0.15, -0.1) is 0 Å². The van der Waals surface area contributed by atoms with E-state index in [-0.39, 0.29) is 35.9 Å². The quantitative estimate of drug-likeness (QED) is 0.143. The maximum atomic E-state index is 13.5. The van der Waals surface area contributed by atoms with Crippen LogP contribution in [0.3, 0.4) is 0 Å². The molecule has 0 aliphatic carbocycles. The number of hydrogen-bond donors (Lipinski definition) is 5. The van der Waals surface area contributed by atoms with Crippen molar-refractivity contribution < 1.29 is 24.0 Å². The molecule has 0 saturated heterocycles. The average Bonchev–Trinajstić information content (AvgIpc) is 2.93. The number of rotatable bonds is 20. The van der Waals surface area contributed by atoms with Crippen molar-refractivity contribution in [2.24, 2.45) is 17.6 Å². The van der Waals surface area contributed by atoms with Gasteiger partial charge in [-0.05, 0) is 55.6 Å². The second kappa shape index (κ2) is 20.1. The van der Waals surface area contributed by atoms with Crippen LogP contribution in [0.5, 0.6) is 0 Å². The zero-order chi connectivity index (χ0) is 31.7. The fourth-order valence-electron chi connectivity index (χ4n) is 4.45. The smallest absolute Gasteiger partial charge is 0.243 e. The molecule has 42 heavy (non-hydrogen) atoms. The number of carbonyl (C=O) groups excluding carboxylic acids is 5. The molecule has 0 aromatic heterocycles. The highest BCUT2D eigenvalue weighted by Crippen LogP contribution is 2.10. The van der Waals surface area contributed by atoms with E-state index in [0.717, 1.165) is 5.56 Å². The van der Waals surface area contributed by atoms with Gasteiger partial charge in [0, 0.05) is 25.8 Å². The molecule has 0 fully saturated rings. The Morgan fingerprint density at radius 1 is 0.810 bits per heavy atom. The Hall–Kier alpha value is -2.92. The molecule has 6 N–H and O–H groups in total. The summed E-state index contributed by atoms with van der Waals surface area (Å²) in [5.41, 5.74) is 6.85. The lowest BCUT2D eigenvalue weighted by atomic mass is 9.98. The molecule has 0 aliphatic heterocycles. The average molecular weight is 606 g/mol. The largest absolute Gasteiger partial charge is 0.354 e. The number of thioether (sulfide) groups is 1. The van der Waals surface area contributed by atoms with Gasteiger partial charge < -0.3 is 27.0 Å². The molecule has 0 spiro atoms. The molecule has 1 aromatic rings. The van der Waals surface area contributed by atoms with Crippen LogP contribution in [0.4, 0.5) is 0 Å². The molecule has 236 valence electrons. The number of amides is 4. The van der Waals surface area contributed by atoms with E-state index in [4.69, 9.17) is 5.73 Å². The van der Waals surface area contributed by atoms with Crippen LogP contribution in [-0.2, 0) is 30.4 Å². The van der Waals surface area contributed by atoms with E-state index in [2.05, 4.69) is 21.3 Å². The van der Waals surface area contributed by atoms with Crippen molar-refractivity contribution in [1.82, 2.24) is 21.3 Å². The molecule has 0 bridgehead atoms. The van der Waals surface area contributed by atoms with Gasteiger partial charge in [-0.3, -0.25) is 24.0 Å². The number of unbranched alkanes of at least 4 members (excludes halogenated alkanes) is 1. The first kappa shape index (κ1) is 37.1. The summed E-state index contributed by atoms with van der Waals surface area (Å²) in [6.45, 7) is 9.27. The lowest BCUT2D eigenvalue weighted by Gasteiger charge is -2.26. The Kier molecular flexibility index (Phi) is 17.7. The van der Waals surface area contributed by atoms with E-state index < -0.39 is 36.0 Å². The van der Waals surface area contributed by atoms with Crippen LogP contribution in [0.25, 0.3) is 0 Å². The highest BCUT2D eigenvalue weighted by atomic mass is 32.2. The topological polar surface area (TPSA) is 159 Å². The van der Waals surface area contributed by atoms with Crippen molar-refractivity contribution in [3.05, 3.63) is 35.9 Å². The van der Waals surface area contributed by atoms with Gasteiger partial charge in [0.25, 0.3) is 0 Å². The number of Topliss-reactive ketones (excluding diaryl/α,β-unsaturated/α-hetero) is 1. The maximum Gasteiger partial charge on any atom is 0.243 e. The number of ketones is 1. The Balaban J connectivity index is 2.94. The van der Waals surface area contributed by atoms with Gasteiger partial charge in [-0.1, -0.05) is 58.0 Å². The normalized spacial score (nSPS) is 14.0. The van der Waals surface area contributed by atoms with E-state index in [1.54, 1.807) is 11.8 Å². The third-order valence-electron chi connectivity index (χ3n) is 6.74. The highest BCUT2D eigenvalue weighted by molar-refractivity contribution is 7.98. The van der Waals surface area contributed by atoms with Crippen molar-refractivity contribution in [2.75, 3.05) is 18.6 Å². The lowest BCUT2D eigenvalue weighted by molar-refractivity contribution is -0.133. The summed E-state index contributed by atoms with van der Waals surface area (Å²) in [6, 6.07) is 6.37. The van der Waals surface area contributed by atoms with Crippen LogP contribution in [0, 0.1) is 11.8 Å². The predicted octanol–water partition coefficient (Wildman–Crippen LogP) is 2.34. The Morgan fingerprint density at radius 2 is 1.43 bits per heavy atom. The first-order valence-corrected chi connectivity index (χ1v) is 16.2. The minimum Gasteiger partial charge on any atom is -0.354 e. The molecule has 0 saturated carbocycles. The molecule has 10 nitrogen and oxygen atoms in total. The zero-order valence-electron chi connectivity index (χ0n) is 26.0. The molecular formula is C31H51N5O5S. The van der Waals surface area contributed by atoms with Crippen molar-refractivity contribution in [2.45, 2.75) is 97.3 Å². The van der Waals surface area contributed by atoms with Crippen LogP contribution >= 0.6 is 11.8 Å². The van der Waals surface area contributed by atoms with E-state index in [9.17, 15) is 24.0 Å². The fourth-order valence-corrected chi connectivity index (χ4v) is 4.92. The van der Waals surface area contributed by atoms with Crippen molar-refractivity contribution >= 4 is 41.2 Å². The third-order valence-corrected chi connectivity index (χ3v) is 7.38. The number of nitrogens with one attached hydrogen (secondary N) is 4. The minimum atomic E-state index is -0.880. The van der Waals surface area contributed by atoms with E-state index in [0.29, 0.717) is 44.4 Å². The van der Waals surface area contributed by atoms with E-state index >= 15 is 0 Å². The second-order valence-corrected chi connectivity index (χ2v) is 12.4. The molecule has 0 radical (unpaired) electrons. The number of hydrogen-bond acceptors (Lipinski definition) is 7. The Bertz CT molecular complexity index is 1000. The number of nitrogens with two attached hydrogens (primary N) is 1. The van der Waals surface area contributed by atoms with E-state index in [1.165, 1.54) is 6.92 Å².